The number of rotatable bonds is 7. The molecule has 2 aromatic rings. The molecule has 0 amide bonds. The van der Waals surface area contributed by atoms with Crippen LogP contribution in [0.5, 0.6) is 11.5 Å². The summed E-state index contributed by atoms with van der Waals surface area (Å²) in [6.45, 7) is 2.33. The lowest BCUT2D eigenvalue weighted by Crippen LogP contribution is -2.23. The van der Waals surface area contributed by atoms with E-state index in [1.807, 2.05) is 0 Å². The molecular weight excluding hydrogens is 300 g/mol. The fourth-order valence-corrected chi connectivity index (χ4v) is 2.13. The molecule has 0 radical (unpaired) electrons. The smallest absolute Gasteiger partial charge is 0.286 e. The molecule has 0 N–H and O–H groups in total. The van der Waals surface area contributed by atoms with Gasteiger partial charge in [-0.25, -0.2) is 0 Å². The standard InChI is InChI=1S/C16H18N2O5/c1-12-10-13(18(20)21)11-17(16(12)19)8-3-9-23-15-6-4-14(22-2)5-7-15/h4-7,10-11H,3,8-9H2,1-2H3. The van der Waals surface area contributed by atoms with E-state index in [1.54, 1.807) is 38.3 Å². The maximum Gasteiger partial charge on any atom is 0.286 e. The van der Waals surface area contributed by atoms with E-state index in [1.165, 1.54) is 16.8 Å². The normalized spacial score (nSPS) is 10.3. The summed E-state index contributed by atoms with van der Waals surface area (Å²) in [5.41, 5.74) is 0.0495. The van der Waals surface area contributed by atoms with E-state index in [2.05, 4.69) is 0 Å². The molecule has 0 saturated carbocycles. The van der Waals surface area contributed by atoms with Crippen LogP contribution in [0.4, 0.5) is 5.69 Å². The van der Waals surface area contributed by atoms with Crippen LogP contribution in [-0.2, 0) is 6.54 Å². The second-order valence-corrected chi connectivity index (χ2v) is 5.01. The summed E-state index contributed by atoms with van der Waals surface area (Å²) in [6.07, 6.45) is 1.83. The fraction of sp³-hybridized carbons (Fsp3) is 0.312. The van der Waals surface area contributed by atoms with Crippen molar-refractivity contribution in [2.45, 2.75) is 19.9 Å². The van der Waals surface area contributed by atoms with Crippen LogP contribution < -0.4 is 15.0 Å². The highest BCUT2D eigenvalue weighted by atomic mass is 16.6. The van der Waals surface area contributed by atoms with E-state index in [0.29, 0.717) is 30.9 Å². The number of aromatic nitrogens is 1. The van der Waals surface area contributed by atoms with Gasteiger partial charge in [0.1, 0.15) is 11.5 Å². The molecule has 1 aromatic carbocycles. The SMILES string of the molecule is COc1ccc(OCCCn2cc([N+](=O)[O-])cc(C)c2=O)cc1. The fourth-order valence-electron chi connectivity index (χ4n) is 2.13. The number of hydrogen-bond donors (Lipinski definition) is 0. The van der Waals surface area contributed by atoms with Crippen LogP contribution in [0.1, 0.15) is 12.0 Å². The summed E-state index contributed by atoms with van der Waals surface area (Å²) >= 11 is 0. The third-order valence-corrected chi connectivity index (χ3v) is 3.33. The quantitative estimate of drug-likeness (QED) is 0.445. The zero-order valence-corrected chi connectivity index (χ0v) is 13.0. The number of methoxy groups -OCH3 is 1. The lowest BCUT2D eigenvalue weighted by molar-refractivity contribution is -0.385. The largest absolute Gasteiger partial charge is 0.497 e. The van der Waals surface area contributed by atoms with Crippen LogP contribution in [0.3, 0.4) is 0 Å². The van der Waals surface area contributed by atoms with Crippen LogP contribution in [-0.4, -0.2) is 23.2 Å². The number of hydrogen-bond acceptors (Lipinski definition) is 5. The average molecular weight is 318 g/mol. The molecule has 0 spiro atoms. The minimum absolute atomic E-state index is 0.0850. The molecule has 0 bridgehead atoms. The molecule has 122 valence electrons. The first-order valence-corrected chi connectivity index (χ1v) is 7.13. The predicted octanol–water partition coefficient (Wildman–Crippen LogP) is 2.54. The summed E-state index contributed by atoms with van der Waals surface area (Å²) in [7, 11) is 1.59. The van der Waals surface area contributed by atoms with Gasteiger partial charge in [-0.1, -0.05) is 0 Å². The van der Waals surface area contributed by atoms with Crippen molar-refractivity contribution in [3.05, 3.63) is 62.6 Å². The van der Waals surface area contributed by atoms with E-state index in [0.717, 1.165) is 5.75 Å². The van der Waals surface area contributed by atoms with Gasteiger partial charge in [0.2, 0.25) is 0 Å². The van der Waals surface area contributed by atoms with Gasteiger partial charge in [-0.05, 0) is 37.6 Å². The first kappa shape index (κ1) is 16.5. The minimum atomic E-state index is -0.503. The Morgan fingerprint density at radius 2 is 1.87 bits per heavy atom. The monoisotopic (exact) mass is 318 g/mol. The molecule has 2 rings (SSSR count). The molecule has 0 atom stereocenters. The molecule has 7 heteroatoms. The summed E-state index contributed by atoms with van der Waals surface area (Å²) in [5.74, 6) is 1.45. The van der Waals surface area contributed by atoms with Crippen LogP contribution in [0.25, 0.3) is 0 Å². The maximum atomic E-state index is 12.0. The van der Waals surface area contributed by atoms with Crippen LogP contribution in [0.2, 0.25) is 0 Å². The van der Waals surface area contributed by atoms with Gasteiger partial charge in [-0.2, -0.15) is 0 Å². The van der Waals surface area contributed by atoms with E-state index >= 15 is 0 Å². The van der Waals surface area contributed by atoms with Crippen molar-refractivity contribution in [3.8, 4) is 11.5 Å². The Bertz CT molecular complexity index is 737. The number of nitro groups is 1. The first-order valence-electron chi connectivity index (χ1n) is 7.13. The highest BCUT2D eigenvalue weighted by molar-refractivity contribution is 5.31. The Labute approximate surface area is 133 Å². The molecule has 23 heavy (non-hydrogen) atoms. The molecule has 0 unspecified atom stereocenters. The van der Waals surface area contributed by atoms with Crippen molar-refractivity contribution >= 4 is 5.69 Å². The third-order valence-electron chi connectivity index (χ3n) is 3.33. The topological polar surface area (TPSA) is 83.6 Å². The Balaban J connectivity index is 1.93. The molecule has 1 heterocycles. The molecule has 0 aliphatic rings. The summed E-state index contributed by atoms with van der Waals surface area (Å²) in [5, 5.41) is 10.8. The van der Waals surface area contributed by atoms with Gasteiger partial charge in [0.15, 0.2) is 0 Å². The number of aryl methyl sites for hydroxylation is 2. The van der Waals surface area contributed by atoms with Gasteiger partial charge in [0.25, 0.3) is 11.2 Å². The minimum Gasteiger partial charge on any atom is -0.497 e. The summed E-state index contributed by atoms with van der Waals surface area (Å²) in [6, 6.07) is 8.46. The third kappa shape index (κ3) is 4.32. The summed E-state index contributed by atoms with van der Waals surface area (Å²) < 4.78 is 12.0. The first-order chi connectivity index (χ1) is 11.0. The number of ether oxygens (including phenoxy) is 2. The second kappa shape index (κ2) is 7.44. The zero-order valence-electron chi connectivity index (χ0n) is 13.0. The summed E-state index contributed by atoms with van der Waals surface area (Å²) in [4.78, 5) is 22.3. The average Bonchev–Trinajstić information content (AvgIpc) is 2.55. The van der Waals surface area contributed by atoms with Crippen molar-refractivity contribution in [2.75, 3.05) is 13.7 Å². The van der Waals surface area contributed by atoms with E-state index in [-0.39, 0.29) is 11.2 Å². The Hall–Kier alpha value is -2.83. The van der Waals surface area contributed by atoms with Crippen molar-refractivity contribution in [1.82, 2.24) is 4.57 Å². The molecule has 0 aliphatic carbocycles. The van der Waals surface area contributed by atoms with Gasteiger partial charge in [0, 0.05) is 18.2 Å². The Morgan fingerprint density at radius 1 is 1.22 bits per heavy atom. The van der Waals surface area contributed by atoms with Crippen molar-refractivity contribution < 1.29 is 14.4 Å². The van der Waals surface area contributed by atoms with Crippen LogP contribution >= 0.6 is 0 Å². The van der Waals surface area contributed by atoms with E-state index < -0.39 is 4.92 Å². The van der Waals surface area contributed by atoms with Crippen LogP contribution in [0.15, 0.2) is 41.3 Å². The predicted molar refractivity (Wildman–Crippen MR) is 85.2 cm³/mol. The van der Waals surface area contributed by atoms with Gasteiger partial charge < -0.3 is 14.0 Å². The Morgan fingerprint density at radius 3 is 2.48 bits per heavy atom. The van der Waals surface area contributed by atoms with Gasteiger partial charge in [-0.15, -0.1) is 0 Å². The van der Waals surface area contributed by atoms with Crippen LogP contribution in [0, 0.1) is 17.0 Å². The molecular formula is C16H18N2O5. The van der Waals surface area contributed by atoms with Gasteiger partial charge in [-0.3, -0.25) is 14.9 Å². The number of nitrogens with zero attached hydrogens (tertiary/aromatic N) is 2. The van der Waals surface area contributed by atoms with Crippen molar-refractivity contribution in [1.29, 1.82) is 0 Å². The van der Waals surface area contributed by atoms with Crippen molar-refractivity contribution in [2.24, 2.45) is 0 Å². The highest BCUT2D eigenvalue weighted by Crippen LogP contribution is 2.17. The Kier molecular flexibility index (Phi) is 5.35. The molecule has 7 nitrogen and oxygen atoms in total. The van der Waals surface area contributed by atoms with Gasteiger partial charge in [0.05, 0.1) is 24.8 Å². The zero-order chi connectivity index (χ0) is 16.8. The van der Waals surface area contributed by atoms with E-state index in [4.69, 9.17) is 9.47 Å². The lowest BCUT2D eigenvalue weighted by atomic mass is 10.2. The highest BCUT2D eigenvalue weighted by Gasteiger charge is 2.11. The number of pyridine rings is 1. The molecule has 0 saturated heterocycles. The van der Waals surface area contributed by atoms with Crippen molar-refractivity contribution in [3.63, 3.8) is 0 Å². The maximum absolute atomic E-state index is 12.0. The molecule has 0 aliphatic heterocycles. The second-order valence-electron chi connectivity index (χ2n) is 5.01. The van der Waals surface area contributed by atoms with E-state index in [9.17, 15) is 14.9 Å². The molecule has 0 fully saturated rings. The molecule has 1 aromatic heterocycles. The number of benzene rings is 1. The lowest BCUT2D eigenvalue weighted by Gasteiger charge is -2.09. The van der Waals surface area contributed by atoms with Gasteiger partial charge >= 0.3 is 0 Å².